The summed E-state index contributed by atoms with van der Waals surface area (Å²) < 4.78 is 5.87. The number of nitrogens with one attached hydrogen (secondary N) is 1. The number of halogens is 1. The highest BCUT2D eigenvalue weighted by molar-refractivity contribution is 7.13. The third kappa shape index (κ3) is 5.10. The van der Waals surface area contributed by atoms with Crippen molar-refractivity contribution in [2.45, 2.75) is 19.4 Å². The molecular formula is C24H20ClN3O2S. The Morgan fingerprint density at radius 3 is 2.58 bits per heavy atom. The van der Waals surface area contributed by atoms with Gasteiger partial charge in [0.15, 0.2) is 5.60 Å². The lowest BCUT2D eigenvalue weighted by molar-refractivity contribution is -0.128. The predicted molar refractivity (Wildman–Crippen MR) is 126 cm³/mol. The summed E-state index contributed by atoms with van der Waals surface area (Å²) in [4.78, 5) is 21.9. The van der Waals surface area contributed by atoms with E-state index in [0.29, 0.717) is 16.5 Å². The summed E-state index contributed by atoms with van der Waals surface area (Å²) in [6.07, 6.45) is 1.75. The SMILES string of the molecule is CC(C)(Oc1ccc(Cl)cc1)C(=O)Nc1cccc(-c2csc(-c3ccccn3)n2)c1. The third-order valence-corrected chi connectivity index (χ3v) is 5.65. The van der Waals surface area contributed by atoms with Crippen LogP contribution in [0.3, 0.4) is 0 Å². The normalized spacial score (nSPS) is 11.2. The van der Waals surface area contributed by atoms with Crippen LogP contribution in [0, 0.1) is 0 Å². The first-order valence-corrected chi connectivity index (χ1v) is 10.9. The molecule has 2 aromatic heterocycles. The highest BCUT2D eigenvalue weighted by atomic mass is 35.5. The molecule has 0 radical (unpaired) electrons. The fourth-order valence-electron chi connectivity index (χ4n) is 2.89. The summed E-state index contributed by atoms with van der Waals surface area (Å²) in [5, 5.41) is 6.38. The molecule has 0 spiro atoms. The van der Waals surface area contributed by atoms with Gasteiger partial charge in [0.25, 0.3) is 5.91 Å². The number of amides is 1. The molecule has 1 N–H and O–H groups in total. The third-order valence-electron chi connectivity index (χ3n) is 4.54. The van der Waals surface area contributed by atoms with Crippen molar-refractivity contribution in [1.29, 1.82) is 0 Å². The summed E-state index contributed by atoms with van der Waals surface area (Å²) in [6, 6.07) is 20.2. The zero-order valence-corrected chi connectivity index (χ0v) is 18.6. The van der Waals surface area contributed by atoms with Crippen LogP contribution >= 0.6 is 22.9 Å². The van der Waals surface area contributed by atoms with Crippen molar-refractivity contribution in [1.82, 2.24) is 9.97 Å². The quantitative estimate of drug-likeness (QED) is 0.374. The second-order valence-corrected chi connectivity index (χ2v) is 8.65. The monoisotopic (exact) mass is 449 g/mol. The van der Waals surface area contributed by atoms with Crippen LogP contribution in [0.4, 0.5) is 5.69 Å². The Bertz CT molecular complexity index is 1190. The van der Waals surface area contributed by atoms with Crippen LogP contribution in [0.2, 0.25) is 5.02 Å². The summed E-state index contributed by atoms with van der Waals surface area (Å²) in [7, 11) is 0. The van der Waals surface area contributed by atoms with Gasteiger partial charge in [0.1, 0.15) is 10.8 Å². The molecular weight excluding hydrogens is 430 g/mol. The molecule has 0 aliphatic rings. The molecule has 156 valence electrons. The van der Waals surface area contributed by atoms with Crippen LogP contribution in [0.5, 0.6) is 5.75 Å². The number of anilines is 1. The van der Waals surface area contributed by atoms with Crippen LogP contribution in [-0.4, -0.2) is 21.5 Å². The number of nitrogens with zero attached hydrogens (tertiary/aromatic N) is 2. The van der Waals surface area contributed by atoms with Gasteiger partial charge in [-0.3, -0.25) is 9.78 Å². The maximum absolute atomic E-state index is 12.9. The average Bonchev–Trinajstić information content (AvgIpc) is 3.26. The minimum atomic E-state index is -1.07. The smallest absolute Gasteiger partial charge is 0.267 e. The summed E-state index contributed by atoms with van der Waals surface area (Å²) >= 11 is 7.45. The van der Waals surface area contributed by atoms with E-state index in [4.69, 9.17) is 21.3 Å². The Hall–Kier alpha value is -3.22. The van der Waals surface area contributed by atoms with Gasteiger partial charge in [-0.05, 0) is 62.4 Å². The fourth-order valence-corrected chi connectivity index (χ4v) is 3.83. The van der Waals surface area contributed by atoms with Gasteiger partial charge >= 0.3 is 0 Å². The molecule has 4 aromatic rings. The molecule has 0 unspecified atom stereocenters. The molecule has 5 nitrogen and oxygen atoms in total. The van der Waals surface area contributed by atoms with E-state index in [1.165, 1.54) is 11.3 Å². The number of aromatic nitrogens is 2. The van der Waals surface area contributed by atoms with Gasteiger partial charge in [0, 0.05) is 27.9 Å². The summed E-state index contributed by atoms with van der Waals surface area (Å²) in [6.45, 7) is 3.45. The van der Waals surface area contributed by atoms with Crippen molar-refractivity contribution >= 4 is 34.5 Å². The van der Waals surface area contributed by atoms with Gasteiger partial charge in [0.2, 0.25) is 0 Å². The zero-order chi connectivity index (χ0) is 21.8. The Kier molecular flexibility index (Phi) is 6.02. The number of hydrogen-bond donors (Lipinski definition) is 1. The molecule has 0 bridgehead atoms. The van der Waals surface area contributed by atoms with Crippen LogP contribution in [0.25, 0.3) is 22.0 Å². The molecule has 31 heavy (non-hydrogen) atoms. The Morgan fingerprint density at radius 1 is 1.03 bits per heavy atom. The molecule has 0 saturated carbocycles. The van der Waals surface area contributed by atoms with E-state index in [1.54, 1.807) is 44.3 Å². The standard InChI is InChI=1S/C24H20ClN3O2S/c1-24(2,30-19-11-9-17(25)10-12-19)23(29)27-18-7-5-6-16(14-18)21-15-31-22(28-21)20-8-3-4-13-26-20/h3-15H,1-2H3,(H,27,29). The molecule has 0 atom stereocenters. The molecule has 1 amide bonds. The second-order valence-electron chi connectivity index (χ2n) is 7.35. The number of ether oxygens (including phenoxy) is 1. The van der Waals surface area contributed by atoms with Gasteiger partial charge in [-0.2, -0.15) is 0 Å². The first kappa shape index (κ1) is 21.0. The highest BCUT2D eigenvalue weighted by Gasteiger charge is 2.30. The number of pyridine rings is 1. The van der Waals surface area contributed by atoms with Crippen LogP contribution in [0.15, 0.2) is 78.3 Å². The molecule has 2 heterocycles. The fraction of sp³-hybridized carbons (Fsp3) is 0.125. The molecule has 4 rings (SSSR count). The lowest BCUT2D eigenvalue weighted by Gasteiger charge is -2.25. The van der Waals surface area contributed by atoms with Gasteiger partial charge in [0.05, 0.1) is 11.4 Å². The predicted octanol–water partition coefficient (Wildman–Crippen LogP) is 6.32. The molecule has 2 aromatic carbocycles. The molecule has 0 fully saturated rings. The maximum atomic E-state index is 12.9. The summed E-state index contributed by atoms with van der Waals surface area (Å²) in [5.41, 5.74) is 2.18. The van der Waals surface area contributed by atoms with Crippen LogP contribution in [0.1, 0.15) is 13.8 Å². The Morgan fingerprint density at radius 2 is 1.84 bits per heavy atom. The number of rotatable bonds is 6. The second kappa shape index (κ2) is 8.88. The Balaban J connectivity index is 1.49. The number of carbonyl (C=O) groups excluding carboxylic acids is 1. The van der Waals surface area contributed by atoms with Crippen molar-refractivity contribution in [2.24, 2.45) is 0 Å². The molecule has 7 heteroatoms. The lowest BCUT2D eigenvalue weighted by atomic mass is 10.1. The van der Waals surface area contributed by atoms with Crippen LogP contribution < -0.4 is 10.1 Å². The van der Waals surface area contributed by atoms with E-state index >= 15 is 0 Å². The minimum absolute atomic E-state index is 0.257. The number of thiazole rings is 1. The van der Waals surface area contributed by atoms with Gasteiger partial charge in [-0.15, -0.1) is 11.3 Å². The molecule has 0 aliphatic heterocycles. The van der Waals surface area contributed by atoms with Crippen LogP contribution in [-0.2, 0) is 4.79 Å². The van der Waals surface area contributed by atoms with Crippen molar-refractivity contribution in [3.8, 4) is 27.7 Å². The van der Waals surface area contributed by atoms with Crippen molar-refractivity contribution in [2.75, 3.05) is 5.32 Å². The number of carbonyl (C=O) groups is 1. The van der Waals surface area contributed by atoms with Gasteiger partial charge in [-0.25, -0.2) is 4.98 Å². The largest absolute Gasteiger partial charge is 0.478 e. The minimum Gasteiger partial charge on any atom is -0.478 e. The van der Waals surface area contributed by atoms with Gasteiger partial charge < -0.3 is 10.1 Å². The molecule has 0 saturated heterocycles. The van der Waals surface area contributed by atoms with Crippen molar-refractivity contribution in [3.63, 3.8) is 0 Å². The van der Waals surface area contributed by atoms with E-state index in [-0.39, 0.29) is 5.91 Å². The molecule has 0 aliphatic carbocycles. The van der Waals surface area contributed by atoms with E-state index in [9.17, 15) is 4.79 Å². The summed E-state index contributed by atoms with van der Waals surface area (Å²) in [5.74, 6) is 0.315. The van der Waals surface area contributed by atoms with E-state index in [1.807, 2.05) is 47.8 Å². The van der Waals surface area contributed by atoms with E-state index in [2.05, 4.69) is 10.3 Å². The lowest BCUT2D eigenvalue weighted by Crippen LogP contribution is -2.42. The van der Waals surface area contributed by atoms with E-state index in [0.717, 1.165) is 22.0 Å². The Labute approximate surface area is 189 Å². The number of benzene rings is 2. The van der Waals surface area contributed by atoms with E-state index < -0.39 is 5.60 Å². The average molecular weight is 450 g/mol. The van der Waals surface area contributed by atoms with Crippen molar-refractivity contribution in [3.05, 3.63) is 83.3 Å². The number of hydrogen-bond acceptors (Lipinski definition) is 5. The van der Waals surface area contributed by atoms with Crippen molar-refractivity contribution < 1.29 is 9.53 Å². The van der Waals surface area contributed by atoms with Gasteiger partial charge in [-0.1, -0.05) is 29.8 Å². The first-order valence-electron chi connectivity index (χ1n) is 9.64. The maximum Gasteiger partial charge on any atom is 0.267 e. The zero-order valence-electron chi connectivity index (χ0n) is 17.0. The first-order chi connectivity index (χ1) is 14.9. The highest BCUT2D eigenvalue weighted by Crippen LogP contribution is 2.29. The topological polar surface area (TPSA) is 64.1 Å².